The molecular formula is C20H18FN3O5. The van der Waals surface area contributed by atoms with Crippen LogP contribution in [0.1, 0.15) is 23.2 Å². The number of hydrogen-bond acceptors (Lipinski definition) is 7. The molecular weight excluding hydrogens is 381 g/mol. The van der Waals surface area contributed by atoms with Crippen LogP contribution in [-0.4, -0.2) is 35.2 Å². The first kappa shape index (κ1) is 20.0. The van der Waals surface area contributed by atoms with Gasteiger partial charge in [0.15, 0.2) is 6.61 Å². The summed E-state index contributed by atoms with van der Waals surface area (Å²) >= 11 is 0. The Morgan fingerprint density at radius 2 is 1.90 bits per heavy atom. The van der Waals surface area contributed by atoms with Crippen LogP contribution < -0.4 is 10.1 Å². The van der Waals surface area contributed by atoms with Crippen LogP contribution in [0.3, 0.4) is 0 Å². The summed E-state index contributed by atoms with van der Waals surface area (Å²) in [6.45, 7) is 1.64. The van der Waals surface area contributed by atoms with E-state index in [0.717, 1.165) is 0 Å². The summed E-state index contributed by atoms with van der Waals surface area (Å²) in [4.78, 5) is 28.2. The van der Waals surface area contributed by atoms with Crippen molar-refractivity contribution in [3.8, 4) is 17.1 Å². The van der Waals surface area contributed by atoms with Crippen LogP contribution in [0.4, 0.5) is 4.39 Å². The number of rotatable bonds is 8. The van der Waals surface area contributed by atoms with E-state index < -0.39 is 11.9 Å². The number of ether oxygens (including phenoxy) is 2. The number of hydrogen-bond donors (Lipinski definition) is 1. The molecule has 8 nitrogen and oxygen atoms in total. The topological polar surface area (TPSA) is 104 Å². The van der Waals surface area contributed by atoms with Gasteiger partial charge in [-0.2, -0.15) is 4.98 Å². The van der Waals surface area contributed by atoms with Gasteiger partial charge in [0.05, 0.1) is 12.2 Å². The normalized spacial score (nSPS) is 10.4. The van der Waals surface area contributed by atoms with Crippen LogP contribution in [0.15, 0.2) is 53.1 Å². The third-order valence-corrected chi connectivity index (χ3v) is 3.75. The van der Waals surface area contributed by atoms with Crippen molar-refractivity contribution in [2.45, 2.75) is 13.5 Å². The molecule has 29 heavy (non-hydrogen) atoms. The summed E-state index contributed by atoms with van der Waals surface area (Å²) in [6, 6.07) is 12.3. The molecule has 1 amide bonds. The number of carbonyl (C=O) groups is 2. The number of nitrogens with zero attached hydrogens (tertiary/aromatic N) is 2. The lowest BCUT2D eigenvalue weighted by molar-refractivity contribution is -0.144. The highest BCUT2D eigenvalue weighted by Crippen LogP contribution is 2.18. The zero-order chi connectivity index (χ0) is 20.6. The highest BCUT2D eigenvalue weighted by molar-refractivity contribution is 5.98. The molecule has 0 unspecified atom stereocenters. The molecule has 0 aliphatic rings. The molecule has 150 valence electrons. The maximum Gasteiger partial charge on any atom is 0.325 e. The molecule has 0 radical (unpaired) electrons. The minimum absolute atomic E-state index is 0.0747. The van der Waals surface area contributed by atoms with Crippen molar-refractivity contribution < 1.29 is 28.0 Å². The summed E-state index contributed by atoms with van der Waals surface area (Å²) in [6.07, 6.45) is 0. The Kier molecular flexibility index (Phi) is 6.51. The summed E-state index contributed by atoms with van der Waals surface area (Å²) in [5.41, 5.74) is 0.885. The third-order valence-electron chi connectivity index (χ3n) is 3.75. The highest BCUT2D eigenvalue weighted by atomic mass is 19.1. The largest absolute Gasteiger partial charge is 0.493 e. The van der Waals surface area contributed by atoms with Gasteiger partial charge >= 0.3 is 5.97 Å². The Balaban J connectivity index is 1.49. The Hall–Kier alpha value is -3.75. The average Bonchev–Trinajstić information content (AvgIpc) is 3.21. The van der Waals surface area contributed by atoms with Crippen molar-refractivity contribution in [3.63, 3.8) is 0 Å². The third kappa shape index (κ3) is 5.38. The molecule has 0 spiro atoms. The lowest BCUT2D eigenvalue weighted by Gasteiger charge is -2.10. The van der Waals surface area contributed by atoms with E-state index >= 15 is 0 Å². The highest BCUT2D eigenvalue weighted by Gasteiger charge is 2.15. The van der Waals surface area contributed by atoms with E-state index in [2.05, 4.69) is 15.5 Å². The first-order chi connectivity index (χ1) is 14.1. The summed E-state index contributed by atoms with van der Waals surface area (Å²) in [5.74, 6) is -0.754. The zero-order valence-electron chi connectivity index (χ0n) is 15.6. The second kappa shape index (κ2) is 9.45. The van der Waals surface area contributed by atoms with Gasteiger partial charge in [0.1, 0.15) is 18.1 Å². The van der Waals surface area contributed by atoms with Crippen molar-refractivity contribution in [3.05, 3.63) is 65.8 Å². The first-order valence-corrected chi connectivity index (χ1v) is 8.81. The molecule has 2 aromatic carbocycles. The van der Waals surface area contributed by atoms with Gasteiger partial charge in [-0.1, -0.05) is 17.3 Å². The summed E-state index contributed by atoms with van der Waals surface area (Å²) in [7, 11) is 0. The van der Waals surface area contributed by atoms with Crippen LogP contribution >= 0.6 is 0 Å². The van der Waals surface area contributed by atoms with Gasteiger partial charge in [-0.25, -0.2) is 4.39 Å². The number of amides is 1. The molecule has 0 saturated carbocycles. The molecule has 0 bridgehead atoms. The fourth-order valence-corrected chi connectivity index (χ4v) is 2.41. The van der Waals surface area contributed by atoms with E-state index in [0.29, 0.717) is 23.5 Å². The van der Waals surface area contributed by atoms with E-state index in [1.165, 1.54) is 24.3 Å². The fraction of sp³-hybridized carbons (Fsp3) is 0.200. The smallest absolute Gasteiger partial charge is 0.325 e. The summed E-state index contributed by atoms with van der Waals surface area (Å²) < 4.78 is 28.4. The van der Waals surface area contributed by atoms with Crippen LogP contribution in [0, 0.1) is 5.82 Å². The van der Waals surface area contributed by atoms with E-state index in [1.807, 2.05) is 6.92 Å². The standard InChI is InChI=1S/C20H18FN3O5/c1-2-27-16-6-4-3-5-15(16)20(26)22-11-18(25)28-12-17-23-19(24-29-17)13-7-9-14(21)10-8-13/h3-10H,2,11-12H2,1H3,(H,22,26). The summed E-state index contributed by atoms with van der Waals surface area (Å²) in [5, 5.41) is 6.23. The molecule has 0 saturated heterocycles. The van der Waals surface area contributed by atoms with Crippen LogP contribution in [0.2, 0.25) is 0 Å². The molecule has 0 atom stereocenters. The lowest BCUT2D eigenvalue weighted by Crippen LogP contribution is -2.30. The quantitative estimate of drug-likeness (QED) is 0.581. The second-order valence-corrected chi connectivity index (χ2v) is 5.79. The van der Waals surface area contributed by atoms with E-state index in [4.69, 9.17) is 14.0 Å². The number of halogens is 1. The zero-order valence-corrected chi connectivity index (χ0v) is 15.6. The molecule has 9 heteroatoms. The maximum atomic E-state index is 13.0. The monoisotopic (exact) mass is 399 g/mol. The Morgan fingerprint density at radius 3 is 2.66 bits per heavy atom. The Bertz CT molecular complexity index is 988. The van der Waals surface area contributed by atoms with Gasteiger partial charge in [-0.15, -0.1) is 0 Å². The maximum absolute atomic E-state index is 13.0. The van der Waals surface area contributed by atoms with Crippen LogP contribution in [0.5, 0.6) is 5.75 Å². The second-order valence-electron chi connectivity index (χ2n) is 5.79. The number of carbonyl (C=O) groups excluding carboxylic acids is 2. The van der Waals surface area contributed by atoms with Gasteiger partial charge in [-0.3, -0.25) is 9.59 Å². The number of nitrogens with one attached hydrogen (secondary N) is 1. The van der Waals surface area contributed by atoms with Crippen molar-refractivity contribution in [2.24, 2.45) is 0 Å². The number of benzene rings is 2. The molecule has 3 rings (SSSR count). The number of para-hydroxylation sites is 1. The van der Waals surface area contributed by atoms with Gasteiger partial charge in [-0.05, 0) is 43.3 Å². The molecule has 0 aliphatic carbocycles. The van der Waals surface area contributed by atoms with Gasteiger partial charge in [0, 0.05) is 5.56 Å². The van der Waals surface area contributed by atoms with Crippen molar-refractivity contribution >= 4 is 11.9 Å². The van der Waals surface area contributed by atoms with E-state index in [1.54, 1.807) is 24.3 Å². The van der Waals surface area contributed by atoms with Crippen molar-refractivity contribution in [2.75, 3.05) is 13.2 Å². The Labute approximate surface area is 165 Å². The fourth-order valence-electron chi connectivity index (χ4n) is 2.41. The minimum Gasteiger partial charge on any atom is -0.493 e. The lowest BCUT2D eigenvalue weighted by atomic mass is 10.2. The predicted octanol–water partition coefficient (Wildman–Crippen LogP) is 2.75. The molecule has 3 aromatic rings. The van der Waals surface area contributed by atoms with Gasteiger partial charge in [0.25, 0.3) is 11.8 Å². The number of aromatic nitrogens is 2. The first-order valence-electron chi connectivity index (χ1n) is 8.81. The molecule has 1 N–H and O–H groups in total. The average molecular weight is 399 g/mol. The molecule has 1 aromatic heterocycles. The minimum atomic E-state index is -0.672. The van der Waals surface area contributed by atoms with Crippen LogP contribution in [-0.2, 0) is 16.1 Å². The van der Waals surface area contributed by atoms with E-state index in [-0.39, 0.29) is 30.7 Å². The predicted molar refractivity (Wildman–Crippen MR) is 99.4 cm³/mol. The van der Waals surface area contributed by atoms with Gasteiger partial charge < -0.3 is 19.3 Å². The van der Waals surface area contributed by atoms with Crippen LogP contribution in [0.25, 0.3) is 11.4 Å². The van der Waals surface area contributed by atoms with Crippen molar-refractivity contribution in [1.82, 2.24) is 15.5 Å². The Morgan fingerprint density at radius 1 is 1.14 bits per heavy atom. The molecule has 0 fully saturated rings. The van der Waals surface area contributed by atoms with Gasteiger partial charge in [0.2, 0.25) is 5.82 Å². The number of esters is 1. The van der Waals surface area contributed by atoms with E-state index in [9.17, 15) is 14.0 Å². The molecule has 1 heterocycles. The molecule has 0 aliphatic heterocycles. The van der Waals surface area contributed by atoms with Crippen molar-refractivity contribution in [1.29, 1.82) is 0 Å². The SMILES string of the molecule is CCOc1ccccc1C(=O)NCC(=O)OCc1nc(-c2ccc(F)cc2)no1.